The lowest BCUT2D eigenvalue weighted by atomic mass is 9.98. The maximum absolute atomic E-state index is 13.4. The van der Waals surface area contributed by atoms with E-state index in [2.05, 4.69) is 29.8 Å². The van der Waals surface area contributed by atoms with Crippen LogP contribution in [-0.4, -0.2) is 7.11 Å². The highest BCUT2D eigenvalue weighted by molar-refractivity contribution is 9.09. The van der Waals surface area contributed by atoms with Gasteiger partial charge in [0.25, 0.3) is 0 Å². The molecule has 0 heterocycles. The molecule has 0 amide bonds. The molecule has 84 valence electrons. The first-order valence-electron chi connectivity index (χ1n) is 5.07. The zero-order valence-electron chi connectivity index (χ0n) is 9.26. The topological polar surface area (TPSA) is 9.23 Å². The van der Waals surface area contributed by atoms with Gasteiger partial charge >= 0.3 is 0 Å². The van der Waals surface area contributed by atoms with Crippen molar-refractivity contribution in [2.24, 2.45) is 5.92 Å². The van der Waals surface area contributed by atoms with E-state index in [9.17, 15) is 4.39 Å². The molecule has 15 heavy (non-hydrogen) atoms. The van der Waals surface area contributed by atoms with Gasteiger partial charge in [-0.25, -0.2) is 4.39 Å². The molecule has 0 fully saturated rings. The Kier molecular flexibility index (Phi) is 4.58. The van der Waals surface area contributed by atoms with Crippen LogP contribution in [0, 0.1) is 11.7 Å². The van der Waals surface area contributed by atoms with Crippen LogP contribution in [0.15, 0.2) is 18.2 Å². The lowest BCUT2D eigenvalue weighted by molar-refractivity contribution is 0.386. The molecule has 0 saturated heterocycles. The normalized spacial score (nSPS) is 14.7. The van der Waals surface area contributed by atoms with E-state index in [0.717, 1.165) is 12.0 Å². The summed E-state index contributed by atoms with van der Waals surface area (Å²) in [6.07, 6.45) is 1.06. The Morgan fingerprint density at radius 3 is 2.60 bits per heavy atom. The van der Waals surface area contributed by atoms with Gasteiger partial charge in [-0.1, -0.05) is 42.3 Å². The molecule has 0 radical (unpaired) electrons. The van der Waals surface area contributed by atoms with Gasteiger partial charge in [0.05, 0.1) is 7.11 Å². The molecular weight excluding hydrogens is 259 g/mol. The zero-order chi connectivity index (χ0) is 11.4. The molecule has 2 atom stereocenters. The monoisotopic (exact) mass is 274 g/mol. The molecule has 1 nitrogen and oxygen atoms in total. The number of hydrogen-bond donors (Lipinski definition) is 0. The van der Waals surface area contributed by atoms with Crippen molar-refractivity contribution in [3.8, 4) is 5.75 Å². The van der Waals surface area contributed by atoms with Crippen molar-refractivity contribution in [3.05, 3.63) is 29.6 Å². The van der Waals surface area contributed by atoms with Crippen LogP contribution >= 0.6 is 15.9 Å². The predicted octanol–water partition coefficient (Wildman–Crippen LogP) is 4.32. The molecule has 0 spiro atoms. The first kappa shape index (κ1) is 12.5. The van der Waals surface area contributed by atoms with Gasteiger partial charge in [-0.15, -0.1) is 0 Å². The largest absolute Gasteiger partial charge is 0.494 e. The van der Waals surface area contributed by atoms with Crippen LogP contribution in [0.25, 0.3) is 0 Å². The second-order valence-electron chi connectivity index (χ2n) is 3.68. The van der Waals surface area contributed by atoms with Crippen LogP contribution in [0.4, 0.5) is 4.39 Å². The Bertz CT molecular complexity index is 327. The molecule has 1 rings (SSSR count). The number of methoxy groups -OCH3 is 1. The van der Waals surface area contributed by atoms with E-state index in [1.165, 1.54) is 13.2 Å². The van der Waals surface area contributed by atoms with Crippen LogP contribution in [0.2, 0.25) is 0 Å². The smallest absolute Gasteiger partial charge is 0.165 e. The first-order valence-corrected chi connectivity index (χ1v) is 5.99. The van der Waals surface area contributed by atoms with Gasteiger partial charge in [0, 0.05) is 4.83 Å². The summed E-state index contributed by atoms with van der Waals surface area (Å²) in [5.41, 5.74) is 0.961. The number of benzene rings is 1. The predicted molar refractivity (Wildman–Crippen MR) is 64.1 cm³/mol. The highest BCUT2D eigenvalue weighted by Gasteiger charge is 2.16. The van der Waals surface area contributed by atoms with E-state index >= 15 is 0 Å². The van der Waals surface area contributed by atoms with Crippen LogP contribution in [-0.2, 0) is 0 Å². The standard InChI is InChI=1S/C12H16BrFO/c1-4-8(2)12(13)9-5-6-11(15-3)10(14)7-9/h5-8,12H,4H2,1-3H3. The maximum atomic E-state index is 13.4. The number of halogens is 2. The van der Waals surface area contributed by atoms with E-state index in [1.54, 1.807) is 6.07 Å². The third kappa shape index (κ3) is 2.94. The average Bonchev–Trinajstić information content (AvgIpc) is 2.26. The molecule has 0 aliphatic heterocycles. The molecule has 2 unspecified atom stereocenters. The maximum Gasteiger partial charge on any atom is 0.165 e. The van der Waals surface area contributed by atoms with Crippen molar-refractivity contribution < 1.29 is 9.13 Å². The fraction of sp³-hybridized carbons (Fsp3) is 0.500. The fourth-order valence-corrected chi connectivity index (χ4v) is 2.05. The summed E-state index contributed by atoms with van der Waals surface area (Å²) in [4.78, 5) is 0.197. The van der Waals surface area contributed by atoms with Gasteiger partial charge in [-0.2, -0.15) is 0 Å². The van der Waals surface area contributed by atoms with Gasteiger partial charge < -0.3 is 4.74 Å². The minimum absolute atomic E-state index is 0.197. The molecule has 0 saturated carbocycles. The van der Waals surface area contributed by atoms with Crippen molar-refractivity contribution in [1.29, 1.82) is 0 Å². The van der Waals surface area contributed by atoms with Gasteiger partial charge in [0.1, 0.15) is 0 Å². The van der Waals surface area contributed by atoms with E-state index < -0.39 is 0 Å². The van der Waals surface area contributed by atoms with Crippen molar-refractivity contribution in [1.82, 2.24) is 0 Å². The Hall–Kier alpha value is -0.570. The lowest BCUT2D eigenvalue weighted by Crippen LogP contribution is -2.02. The molecule has 0 bridgehead atoms. The Morgan fingerprint density at radius 2 is 2.13 bits per heavy atom. The van der Waals surface area contributed by atoms with Crippen LogP contribution < -0.4 is 4.74 Å². The Balaban J connectivity index is 2.92. The number of hydrogen-bond acceptors (Lipinski definition) is 1. The lowest BCUT2D eigenvalue weighted by Gasteiger charge is -2.17. The summed E-state index contributed by atoms with van der Waals surface area (Å²) in [5, 5.41) is 0. The molecule has 1 aromatic carbocycles. The first-order chi connectivity index (χ1) is 7.10. The summed E-state index contributed by atoms with van der Waals surface area (Å²) >= 11 is 3.58. The van der Waals surface area contributed by atoms with E-state index in [1.807, 2.05) is 6.07 Å². The van der Waals surface area contributed by atoms with Crippen LogP contribution in [0.5, 0.6) is 5.75 Å². The molecule has 0 aliphatic rings. The highest BCUT2D eigenvalue weighted by atomic mass is 79.9. The highest BCUT2D eigenvalue weighted by Crippen LogP contribution is 2.34. The van der Waals surface area contributed by atoms with Crippen LogP contribution in [0.1, 0.15) is 30.7 Å². The fourth-order valence-electron chi connectivity index (χ4n) is 1.39. The van der Waals surface area contributed by atoms with Gasteiger partial charge in [0.2, 0.25) is 0 Å². The van der Waals surface area contributed by atoms with E-state index in [4.69, 9.17) is 4.74 Å². The second kappa shape index (κ2) is 5.50. The molecule has 0 aliphatic carbocycles. The second-order valence-corrected chi connectivity index (χ2v) is 4.67. The summed E-state index contributed by atoms with van der Waals surface area (Å²) in [6.45, 7) is 4.26. The van der Waals surface area contributed by atoms with Crippen molar-refractivity contribution in [2.75, 3.05) is 7.11 Å². The van der Waals surface area contributed by atoms with E-state index in [-0.39, 0.29) is 10.6 Å². The molecular formula is C12H16BrFO. The van der Waals surface area contributed by atoms with Gasteiger partial charge in [-0.05, 0) is 23.6 Å². The third-order valence-corrected chi connectivity index (χ3v) is 4.07. The molecule has 3 heteroatoms. The third-order valence-electron chi connectivity index (χ3n) is 2.64. The van der Waals surface area contributed by atoms with Gasteiger partial charge in [0.15, 0.2) is 11.6 Å². The quantitative estimate of drug-likeness (QED) is 0.744. The number of rotatable bonds is 4. The van der Waals surface area contributed by atoms with Crippen molar-refractivity contribution >= 4 is 15.9 Å². The summed E-state index contributed by atoms with van der Waals surface area (Å²) < 4.78 is 18.3. The van der Waals surface area contributed by atoms with Crippen molar-refractivity contribution in [2.45, 2.75) is 25.1 Å². The summed E-state index contributed by atoms with van der Waals surface area (Å²) in [5.74, 6) is 0.475. The minimum atomic E-state index is -0.303. The molecule has 0 N–H and O–H groups in total. The van der Waals surface area contributed by atoms with Crippen molar-refractivity contribution in [3.63, 3.8) is 0 Å². The Labute approximate surface area is 98.8 Å². The Morgan fingerprint density at radius 1 is 1.47 bits per heavy atom. The summed E-state index contributed by atoms with van der Waals surface area (Å²) in [6, 6.07) is 5.10. The molecule has 1 aromatic rings. The minimum Gasteiger partial charge on any atom is -0.494 e. The number of ether oxygens (including phenoxy) is 1. The summed E-state index contributed by atoms with van der Waals surface area (Å²) in [7, 11) is 1.47. The molecule has 0 aromatic heterocycles. The zero-order valence-corrected chi connectivity index (χ0v) is 10.8. The van der Waals surface area contributed by atoms with E-state index in [0.29, 0.717) is 11.7 Å². The number of alkyl halides is 1. The van der Waals surface area contributed by atoms with Gasteiger partial charge in [-0.3, -0.25) is 0 Å². The average molecular weight is 275 g/mol. The SMILES string of the molecule is CCC(C)C(Br)c1ccc(OC)c(F)c1. The van der Waals surface area contributed by atoms with Crippen LogP contribution in [0.3, 0.4) is 0 Å².